The van der Waals surface area contributed by atoms with Crippen molar-refractivity contribution in [1.29, 1.82) is 0 Å². The minimum atomic E-state index is -0.279. The van der Waals surface area contributed by atoms with Gasteiger partial charge in [0.25, 0.3) is 5.91 Å². The summed E-state index contributed by atoms with van der Waals surface area (Å²) >= 11 is 1.69. The van der Waals surface area contributed by atoms with E-state index in [0.29, 0.717) is 16.9 Å². The normalized spacial score (nSPS) is 17.4. The average Bonchev–Trinajstić information content (AvgIpc) is 2.96. The Morgan fingerprint density at radius 3 is 2.79 bits per heavy atom. The number of rotatable bonds is 3. The molecule has 1 aliphatic rings. The zero-order valence-corrected chi connectivity index (χ0v) is 15.3. The molecule has 0 bridgehead atoms. The molecule has 1 unspecified atom stereocenters. The van der Waals surface area contributed by atoms with Crippen molar-refractivity contribution in [2.24, 2.45) is 11.3 Å². The molecule has 3 rings (SSSR count). The van der Waals surface area contributed by atoms with Crippen molar-refractivity contribution in [2.75, 3.05) is 0 Å². The second-order valence-electron chi connectivity index (χ2n) is 7.63. The molecule has 1 atom stereocenters. The standard InChI is InChI=1S/C20H24FNOS/c1-20(2,3)14-8-9-15-16(12-24-18(15)10-14)19(23)22-11-13-6-4-5-7-17(13)21/h4-7,12,14H,8-11H2,1-3H3,(H,22,23). The van der Waals surface area contributed by atoms with E-state index in [1.165, 1.54) is 16.5 Å². The highest BCUT2D eigenvalue weighted by molar-refractivity contribution is 7.10. The molecular weight excluding hydrogens is 321 g/mol. The summed E-state index contributed by atoms with van der Waals surface area (Å²) in [5.74, 6) is 0.293. The van der Waals surface area contributed by atoms with Gasteiger partial charge in [-0.2, -0.15) is 0 Å². The number of hydrogen-bond donors (Lipinski definition) is 1. The van der Waals surface area contributed by atoms with Crippen LogP contribution in [0.3, 0.4) is 0 Å². The second-order valence-corrected chi connectivity index (χ2v) is 8.60. The molecule has 4 heteroatoms. The maximum Gasteiger partial charge on any atom is 0.252 e. The van der Waals surface area contributed by atoms with Gasteiger partial charge < -0.3 is 5.32 Å². The number of carbonyl (C=O) groups excluding carboxylic acids is 1. The van der Waals surface area contributed by atoms with E-state index in [-0.39, 0.29) is 18.3 Å². The van der Waals surface area contributed by atoms with Crippen molar-refractivity contribution in [3.63, 3.8) is 0 Å². The lowest BCUT2D eigenvalue weighted by Gasteiger charge is -2.34. The second kappa shape index (κ2) is 6.67. The van der Waals surface area contributed by atoms with E-state index < -0.39 is 0 Å². The van der Waals surface area contributed by atoms with Gasteiger partial charge in [-0.15, -0.1) is 11.3 Å². The maximum absolute atomic E-state index is 13.7. The number of carbonyl (C=O) groups is 1. The third-order valence-electron chi connectivity index (χ3n) is 5.02. The summed E-state index contributed by atoms with van der Waals surface area (Å²) in [5, 5.41) is 4.83. The number of benzene rings is 1. The Bertz CT molecular complexity index is 744. The summed E-state index contributed by atoms with van der Waals surface area (Å²) in [6.45, 7) is 7.09. The number of amides is 1. The van der Waals surface area contributed by atoms with Crippen molar-refractivity contribution >= 4 is 17.2 Å². The van der Waals surface area contributed by atoms with Crippen molar-refractivity contribution in [3.05, 3.63) is 57.0 Å². The molecule has 24 heavy (non-hydrogen) atoms. The van der Waals surface area contributed by atoms with Gasteiger partial charge in [-0.3, -0.25) is 4.79 Å². The van der Waals surface area contributed by atoms with Crippen LogP contribution >= 0.6 is 11.3 Å². The van der Waals surface area contributed by atoms with E-state index in [0.717, 1.165) is 24.8 Å². The zero-order valence-electron chi connectivity index (χ0n) is 14.5. The van der Waals surface area contributed by atoms with Gasteiger partial charge in [-0.25, -0.2) is 4.39 Å². The molecule has 0 fully saturated rings. The van der Waals surface area contributed by atoms with Crippen LogP contribution in [0.2, 0.25) is 0 Å². The minimum absolute atomic E-state index is 0.0926. The summed E-state index contributed by atoms with van der Waals surface area (Å²) < 4.78 is 13.7. The van der Waals surface area contributed by atoms with Gasteiger partial charge in [0, 0.05) is 22.4 Å². The molecule has 0 aliphatic heterocycles. The van der Waals surface area contributed by atoms with Crippen LogP contribution in [-0.4, -0.2) is 5.91 Å². The van der Waals surface area contributed by atoms with Crippen molar-refractivity contribution in [3.8, 4) is 0 Å². The molecule has 1 amide bonds. The molecule has 128 valence electrons. The van der Waals surface area contributed by atoms with Crippen LogP contribution in [0, 0.1) is 17.2 Å². The summed E-state index contributed by atoms with van der Waals surface area (Å²) in [7, 11) is 0. The first-order valence-electron chi connectivity index (χ1n) is 8.47. The van der Waals surface area contributed by atoms with Gasteiger partial charge in [0.1, 0.15) is 5.82 Å². The lowest BCUT2D eigenvalue weighted by atomic mass is 9.72. The number of fused-ring (bicyclic) bond motifs is 1. The van der Waals surface area contributed by atoms with Crippen LogP contribution in [0.5, 0.6) is 0 Å². The number of nitrogens with one attached hydrogen (secondary N) is 1. The highest BCUT2D eigenvalue weighted by atomic mass is 32.1. The number of halogens is 1. The quantitative estimate of drug-likeness (QED) is 0.836. The van der Waals surface area contributed by atoms with Gasteiger partial charge in [-0.05, 0) is 42.2 Å². The molecular formula is C20H24FNOS. The van der Waals surface area contributed by atoms with E-state index in [4.69, 9.17) is 0 Å². The molecule has 2 aromatic rings. The molecule has 1 aliphatic carbocycles. The minimum Gasteiger partial charge on any atom is -0.348 e. The molecule has 1 heterocycles. The Balaban J connectivity index is 1.70. The summed E-state index contributed by atoms with van der Waals surface area (Å²) in [5.41, 5.74) is 2.79. The van der Waals surface area contributed by atoms with Gasteiger partial charge in [0.2, 0.25) is 0 Å². The van der Waals surface area contributed by atoms with E-state index in [1.54, 1.807) is 29.5 Å². The molecule has 0 spiro atoms. The first-order valence-corrected chi connectivity index (χ1v) is 9.35. The lowest BCUT2D eigenvalue weighted by Crippen LogP contribution is -2.28. The predicted octanol–water partition coefficient (Wildman–Crippen LogP) is 4.97. The third-order valence-corrected chi connectivity index (χ3v) is 6.07. The number of hydrogen-bond acceptors (Lipinski definition) is 2. The van der Waals surface area contributed by atoms with Crippen LogP contribution in [0.15, 0.2) is 29.6 Å². The van der Waals surface area contributed by atoms with Crippen LogP contribution in [0.25, 0.3) is 0 Å². The van der Waals surface area contributed by atoms with Crippen molar-refractivity contribution in [2.45, 2.75) is 46.6 Å². The molecule has 1 aromatic carbocycles. The molecule has 1 N–H and O–H groups in total. The van der Waals surface area contributed by atoms with E-state index in [1.807, 2.05) is 5.38 Å². The Hall–Kier alpha value is -1.68. The van der Waals surface area contributed by atoms with Gasteiger partial charge >= 0.3 is 0 Å². The molecule has 0 saturated heterocycles. The molecule has 1 aromatic heterocycles. The largest absolute Gasteiger partial charge is 0.348 e. The molecule has 0 radical (unpaired) electrons. The van der Waals surface area contributed by atoms with Crippen LogP contribution < -0.4 is 5.32 Å². The Morgan fingerprint density at radius 2 is 2.08 bits per heavy atom. The molecule has 2 nitrogen and oxygen atoms in total. The topological polar surface area (TPSA) is 29.1 Å². The summed E-state index contributed by atoms with van der Waals surface area (Å²) in [6, 6.07) is 6.55. The van der Waals surface area contributed by atoms with Crippen molar-refractivity contribution < 1.29 is 9.18 Å². The lowest BCUT2D eigenvalue weighted by molar-refractivity contribution is 0.0949. The predicted molar refractivity (Wildman–Crippen MR) is 96.9 cm³/mol. The van der Waals surface area contributed by atoms with Gasteiger partial charge in [0.15, 0.2) is 0 Å². The molecule has 0 saturated carbocycles. The van der Waals surface area contributed by atoms with Crippen LogP contribution in [0.4, 0.5) is 4.39 Å². The van der Waals surface area contributed by atoms with Gasteiger partial charge in [-0.1, -0.05) is 39.0 Å². The monoisotopic (exact) mass is 345 g/mol. The van der Waals surface area contributed by atoms with E-state index >= 15 is 0 Å². The first-order chi connectivity index (χ1) is 11.4. The Kier molecular flexibility index (Phi) is 4.77. The van der Waals surface area contributed by atoms with E-state index in [9.17, 15) is 9.18 Å². The van der Waals surface area contributed by atoms with Crippen LogP contribution in [0.1, 0.15) is 53.6 Å². The fourth-order valence-corrected chi connectivity index (χ4v) is 4.52. The Morgan fingerprint density at radius 1 is 1.33 bits per heavy atom. The van der Waals surface area contributed by atoms with E-state index in [2.05, 4.69) is 26.1 Å². The smallest absolute Gasteiger partial charge is 0.252 e. The SMILES string of the molecule is CC(C)(C)C1CCc2c(C(=O)NCc3ccccc3F)csc2C1. The third kappa shape index (κ3) is 3.54. The highest BCUT2D eigenvalue weighted by Gasteiger charge is 2.31. The number of thiophene rings is 1. The summed E-state index contributed by atoms with van der Waals surface area (Å²) in [6.07, 6.45) is 3.15. The van der Waals surface area contributed by atoms with Crippen LogP contribution in [-0.2, 0) is 19.4 Å². The average molecular weight is 345 g/mol. The fourth-order valence-electron chi connectivity index (χ4n) is 3.35. The first kappa shape index (κ1) is 17.2. The van der Waals surface area contributed by atoms with Crippen molar-refractivity contribution in [1.82, 2.24) is 5.32 Å². The highest BCUT2D eigenvalue weighted by Crippen LogP contribution is 2.40. The Labute approximate surface area is 147 Å². The maximum atomic E-state index is 13.7. The summed E-state index contributed by atoms with van der Waals surface area (Å²) in [4.78, 5) is 13.9. The van der Waals surface area contributed by atoms with Gasteiger partial charge in [0.05, 0.1) is 5.56 Å². The zero-order chi connectivity index (χ0) is 17.3. The fraction of sp³-hybridized carbons (Fsp3) is 0.450.